The number of carbonyl (C=O) groups is 1. The summed E-state index contributed by atoms with van der Waals surface area (Å²) in [7, 11) is 0. The van der Waals surface area contributed by atoms with Gasteiger partial charge in [-0.3, -0.25) is 9.79 Å². The molecule has 1 saturated carbocycles. The van der Waals surface area contributed by atoms with Crippen molar-refractivity contribution in [3.63, 3.8) is 0 Å². The molecule has 146 valence electrons. The van der Waals surface area contributed by atoms with Crippen LogP contribution in [0, 0.1) is 12.8 Å². The normalized spacial score (nSPS) is 15.7. The van der Waals surface area contributed by atoms with E-state index in [1.54, 1.807) is 11.3 Å². The topological polar surface area (TPSA) is 78.4 Å². The Labute approximate surface area is 161 Å². The summed E-state index contributed by atoms with van der Waals surface area (Å²) in [6, 6.07) is 0. The molecule has 0 saturated heterocycles. The molecule has 0 radical (unpaired) electrons. The SMILES string of the molecule is CCNC(=NCCc1ncc(C)s1)NCCNC(=O)CC1CCCCC1. The molecule has 7 heteroatoms. The standard InChI is InChI=1S/C19H33N5OS/c1-3-20-19(22-10-9-18-24-14-15(2)26-18)23-12-11-21-17(25)13-16-7-5-4-6-8-16/h14,16H,3-13H2,1-2H3,(H,21,25)(H2,20,22,23). The lowest BCUT2D eigenvalue weighted by Gasteiger charge is -2.20. The predicted molar refractivity (Wildman–Crippen MR) is 109 cm³/mol. The monoisotopic (exact) mass is 379 g/mol. The van der Waals surface area contributed by atoms with E-state index >= 15 is 0 Å². The molecular formula is C19H33N5OS. The zero-order valence-corrected chi connectivity index (χ0v) is 17.0. The molecule has 2 rings (SSSR count). The Bertz CT molecular complexity index is 566. The van der Waals surface area contributed by atoms with Gasteiger partial charge in [-0.1, -0.05) is 19.3 Å². The summed E-state index contributed by atoms with van der Waals surface area (Å²) in [6.45, 7) is 6.94. The first-order valence-corrected chi connectivity index (χ1v) is 10.7. The molecule has 1 aromatic rings. The van der Waals surface area contributed by atoms with Crippen LogP contribution in [-0.2, 0) is 11.2 Å². The summed E-state index contributed by atoms with van der Waals surface area (Å²) in [5, 5.41) is 10.7. The molecule has 26 heavy (non-hydrogen) atoms. The Hall–Kier alpha value is -1.63. The molecule has 0 atom stereocenters. The Morgan fingerprint density at radius 1 is 1.23 bits per heavy atom. The number of aromatic nitrogens is 1. The van der Waals surface area contributed by atoms with E-state index in [0.29, 0.717) is 32.0 Å². The minimum atomic E-state index is 0.180. The van der Waals surface area contributed by atoms with Gasteiger partial charge in [-0.15, -0.1) is 11.3 Å². The highest BCUT2D eigenvalue weighted by Gasteiger charge is 2.16. The lowest BCUT2D eigenvalue weighted by Crippen LogP contribution is -2.41. The molecule has 1 aliphatic carbocycles. The van der Waals surface area contributed by atoms with Gasteiger partial charge in [-0.25, -0.2) is 4.98 Å². The number of aliphatic imine (C=N–C) groups is 1. The number of hydrogen-bond acceptors (Lipinski definition) is 4. The summed E-state index contributed by atoms with van der Waals surface area (Å²) in [4.78, 5) is 22.2. The summed E-state index contributed by atoms with van der Waals surface area (Å²) in [5.74, 6) is 1.56. The van der Waals surface area contributed by atoms with E-state index in [9.17, 15) is 4.79 Å². The van der Waals surface area contributed by atoms with E-state index in [1.807, 2.05) is 13.1 Å². The van der Waals surface area contributed by atoms with Crippen molar-refractivity contribution in [2.75, 3.05) is 26.2 Å². The van der Waals surface area contributed by atoms with E-state index in [4.69, 9.17) is 0 Å². The van der Waals surface area contributed by atoms with Crippen LogP contribution in [0.1, 0.15) is 55.3 Å². The highest BCUT2D eigenvalue weighted by Crippen LogP contribution is 2.25. The van der Waals surface area contributed by atoms with E-state index in [0.717, 1.165) is 23.9 Å². The van der Waals surface area contributed by atoms with Crippen molar-refractivity contribution in [3.05, 3.63) is 16.1 Å². The fourth-order valence-corrected chi connectivity index (χ4v) is 4.01. The van der Waals surface area contributed by atoms with Gasteiger partial charge in [0.25, 0.3) is 0 Å². The van der Waals surface area contributed by atoms with Gasteiger partial charge in [-0.2, -0.15) is 0 Å². The maximum atomic E-state index is 12.0. The third-order valence-corrected chi connectivity index (χ3v) is 5.52. The van der Waals surface area contributed by atoms with Crippen molar-refractivity contribution in [3.8, 4) is 0 Å². The first-order valence-electron chi connectivity index (χ1n) is 9.87. The number of hydrogen-bond donors (Lipinski definition) is 3. The van der Waals surface area contributed by atoms with Gasteiger partial charge < -0.3 is 16.0 Å². The van der Waals surface area contributed by atoms with E-state index in [-0.39, 0.29) is 5.91 Å². The average Bonchev–Trinajstić information content (AvgIpc) is 3.04. The van der Waals surface area contributed by atoms with Crippen molar-refractivity contribution in [1.29, 1.82) is 0 Å². The van der Waals surface area contributed by atoms with Crippen LogP contribution in [0.3, 0.4) is 0 Å². The van der Waals surface area contributed by atoms with Gasteiger partial charge in [0.15, 0.2) is 5.96 Å². The highest BCUT2D eigenvalue weighted by molar-refractivity contribution is 7.11. The molecule has 0 spiro atoms. The Balaban J connectivity index is 1.62. The first-order chi connectivity index (χ1) is 12.7. The third kappa shape index (κ3) is 8.17. The van der Waals surface area contributed by atoms with E-state index in [1.165, 1.54) is 37.0 Å². The highest BCUT2D eigenvalue weighted by atomic mass is 32.1. The molecule has 6 nitrogen and oxygen atoms in total. The summed E-state index contributed by atoms with van der Waals surface area (Å²) < 4.78 is 0. The lowest BCUT2D eigenvalue weighted by atomic mass is 9.87. The van der Waals surface area contributed by atoms with Crippen LogP contribution in [0.2, 0.25) is 0 Å². The number of carbonyl (C=O) groups excluding carboxylic acids is 1. The number of guanidine groups is 1. The quantitative estimate of drug-likeness (QED) is 0.350. The van der Waals surface area contributed by atoms with Crippen LogP contribution < -0.4 is 16.0 Å². The Morgan fingerprint density at radius 2 is 2.00 bits per heavy atom. The molecule has 0 bridgehead atoms. The average molecular weight is 380 g/mol. The van der Waals surface area contributed by atoms with Gasteiger partial charge in [0, 0.05) is 50.1 Å². The van der Waals surface area contributed by atoms with Crippen LogP contribution in [0.5, 0.6) is 0 Å². The summed E-state index contributed by atoms with van der Waals surface area (Å²) in [5.41, 5.74) is 0. The van der Waals surface area contributed by atoms with Crippen molar-refractivity contribution in [2.45, 2.75) is 58.8 Å². The number of rotatable bonds is 9. The van der Waals surface area contributed by atoms with Gasteiger partial charge >= 0.3 is 0 Å². The van der Waals surface area contributed by atoms with E-state index in [2.05, 4.69) is 32.9 Å². The molecule has 1 amide bonds. The zero-order chi connectivity index (χ0) is 18.6. The Kier molecular flexibility index (Phi) is 9.45. The van der Waals surface area contributed by atoms with Crippen molar-refractivity contribution >= 4 is 23.2 Å². The van der Waals surface area contributed by atoms with Crippen LogP contribution in [-0.4, -0.2) is 43.0 Å². The number of aryl methyl sites for hydroxylation is 1. The predicted octanol–water partition coefficient (Wildman–Crippen LogP) is 2.64. The zero-order valence-electron chi connectivity index (χ0n) is 16.1. The molecule has 1 aromatic heterocycles. The van der Waals surface area contributed by atoms with Crippen molar-refractivity contribution in [2.24, 2.45) is 10.9 Å². The van der Waals surface area contributed by atoms with Crippen LogP contribution in [0.15, 0.2) is 11.2 Å². The van der Waals surface area contributed by atoms with Crippen molar-refractivity contribution < 1.29 is 4.79 Å². The molecule has 0 aliphatic heterocycles. The third-order valence-electron chi connectivity index (χ3n) is 4.55. The van der Waals surface area contributed by atoms with Gasteiger partial charge in [-0.05, 0) is 32.6 Å². The first kappa shape index (κ1) is 20.7. The molecular weight excluding hydrogens is 346 g/mol. The molecule has 0 unspecified atom stereocenters. The molecule has 1 aliphatic rings. The minimum Gasteiger partial charge on any atom is -0.357 e. The largest absolute Gasteiger partial charge is 0.357 e. The van der Waals surface area contributed by atoms with Crippen LogP contribution in [0.4, 0.5) is 0 Å². The summed E-state index contributed by atoms with van der Waals surface area (Å²) >= 11 is 1.72. The smallest absolute Gasteiger partial charge is 0.220 e. The van der Waals surface area contributed by atoms with Gasteiger partial charge in [0.05, 0.1) is 5.01 Å². The molecule has 3 N–H and O–H groups in total. The number of amides is 1. The van der Waals surface area contributed by atoms with Crippen molar-refractivity contribution in [1.82, 2.24) is 20.9 Å². The number of thiazole rings is 1. The second kappa shape index (κ2) is 11.9. The maximum Gasteiger partial charge on any atom is 0.220 e. The molecule has 0 aromatic carbocycles. The molecule has 1 heterocycles. The lowest BCUT2D eigenvalue weighted by molar-refractivity contribution is -0.122. The van der Waals surface area contributed by atoms with Crippen LogP contribution in [0.25, 0.3) is 0 Å². The van der Waals surface area contributed by atoms with Gasteiger partial charge in [0.2, 0.25) is 5.91 Å². The van der Waals surface area contributed by atoms with Crippen LogP contribution >= 0.6 is 11.3 Å². The fraction of sp³-hybridized carbons (Fsp3) is 0.737. The second-order valence-electron chi connectivity index (χ2n) is 6.86. The fourth-order valence-electron chi connectivity index (χ4n) is 3.23. The number of nitrogens with zero attached hydrogens (tertiary/aromatic N) is 2. The maximum absolute atomic E-state index is 12.0. The minimum absolute atomic E-state index is 0.180. The Morgan fingerprint density at radius 3 is 2.69 bits per heavy atom. The van der Waals surface area contributed by atoms with Gasteiger partial charge in [0.1, 0.15) is 0 Å². The van der Waals surface area contributed by atoms with E-state index < -0.39 is 0 Å². The summed E-state index contributed by atoms with van der Waals surface area (Å²) in [6.07, 6.45) is 9.75. The second-order valence-corrected chi connectivity index (χ2v) is 8.18. The molecule has 1 fully saturated rings. The number of nitrogens with one attached hydrogen (secondary N) is 3.